The van der Waals surface area contributed by atoms with E-state index in [0.717, 1.165) is 30.6 Å². The number of nitrogens with one attached hydrogen (secondary N) is 1. The number of likely N-dealkylation sites (N-methyl/N-ethyl adjacent to an activating group) is 1. The summed E-state index contributed by atoms with van der Waals surface area (Å²) in [6, 6.07) is 15.5. The summed E-state index contributed by atoms with van der Waals surface area (Å²) in [6.45, 7) is 2.38. The lowest BCUT2D eigenvalue weighted by molar-refractivity contribution is 0.0938. The zero-order valence-corrected chi connectivity index (χ0v) is 29.3. The molecule has 0 radical (unpaired) electrons. The van der Waals surface area contributed by atoms with Crippen LogP contribution in [0.3, 0.4) is 0 Å². The zero-order chi connectivity index (χ0) is 35.4. The molecule has 51 heavy (non-hydrogen) atoms. The minimum absolute atomic E-state index is 0.0613. The molecule has 2 bridgehead atoms. The maximum Gasteiger partial charge on any atom is 0.332 e. The van der Waals surface area contributed by atoms with Gasteiger partial charge in [-0.3, -0.25) is 14.7 Å². The fraction of sp³-hybridized carbons (Fsp3) is 0.351. The van der Waals surface area contributed by atoms with E-state index in [1.165, 1.54) is 31.4 Å². The summed E-state index contributed by atoms with van der Waals surface area (Å²) in [5.41, 5.74) is 1.05. The van der Waals surface area contributed by atoms with Crippen molar-refractivity contribution in [3.8, 4) is 17.3 Å². The van der Waals surface area contributed by atoms with Gasteiger partial charge in [0.05, 0.1) is 10.3 Å². The van der Waals surface area contributed by atoms with Crippen LogP contribution in [0.2, 0.25) is 5.02 Å². The number of piperidine rings is 1. The second kappa shape index (κ2) is 13.3. The number of pyridine rings is 1. The van der Waals surface area contributed by atoms with Crippen LogP contribution in [0, 0.1) is 17.7 Å². The van der Waals surface area contributed by atoms with E-state index < -0.39 is 26.8 Å². The quantitative estimate of drug-likeness (QED) is 0.181. The summed E-state index contributed by atoms with van der Waals surface area (Å²) in [6.07, 6.45) is 5.74. The lowest BCUT2D eigenvalue weighted by atomic mass is 9.98. The topological polar surface area (TPSA) is 118 Å². The molecule has 4 atom stereocenters. The predicted molar refractivity (Wildman–Crippen MR) is 191 cm³/mol. The van der Waals surface area contributed by atoms with Crippen LogP contribution < -0.4 is 15.0 Å². The smallest absolute Gasteiger partial charge is 0.332 e. The molecule has 8 rings (SSSR count). The molecule has 2 saturated heterocycles. The minimum atomic E-state index is -4.86. The number of fused-ring (bicyclic) bond motifs is 4. The van der Waals surface area contributed by atoms with Gasteiger partial charge >= 0.3 is 16.2 Å². The predicted octanol–water partition coefficient (Wildman–Crippen LogP) is 6.41. The van der Waals surface area contributed by atoms with E-state index in [4.69, 9.17) is 21.3 Å². The van der Waals surface area contributed by atoms with Crippen molar-refractivity contribution in [1.82, 2.24) is 25.2 Å². The van der Waals surface area contributed by atoms with Gasteiger partial charge in [-0.05, 0) is 80.3 Å². The molecule has 10 nitrogen and oxygen atoms in total. The van der Waals surface area contributed by atoms with E-state index in [-0.39, 0.29) is 41.5 Å². The van der Waals surface area contributed by atoms with Gasteiger partial charge in [0, 0.05) is 59.5 Å². The normalized spacial score (nSPS) is 22.2. The van der Waals surface area contributed by atoms with Gasteiger partial charge in [-0.25, -0.2) is 4.39 Å². The number of amides is 1. The number of carbonyl (C=O) groups is 1. The van der Waals surface area contributed by atoms with E-state index in [0.29, 0.717) is 52.0 Å². The van der Waals surface area contributed by atoms with Crippen LogP contribution in [0.4, 0.5) is 14.1 Å². The summed E-state index contributed by atoms with van der Waals surface area (Å²) in [4.78, 5) is 30.8. The van der Waals surface area contributed by atoms with Gasteiger partial charge in [-0.2, -0.15) is 18.4 Å². The zero-order valence-electron chi connectivity index (χ0n) is 27.7. The van der Waals surface area contributed by atoms with Crippen LogP contribution in [-0.2, 0) is 10.2 Å². The first-order chi connectivity index (χ1) is 24.5. The molecular formula is C37H35ClF2N6O4S. The highest BCUT2D eigenvalue weighted by Gasteiger charge is 2.35. The molecular weight excluding hydrogens is 698 g/mol. The molecule has 3 aliphatic rings. The Bertz CT molecular complexity index is 2260. The number of ether oxygens (including phenoxy) is 1. The van der Waals surface area contributed by atoms with Crippen molar-refractivity contribution in [2.24, 2.45) is 11.8 Å². The monoisotopic (exact) mass is 732 g/mol. The standard InChI is InChI=1S/C37H35ClF2N6O4S/c1-45-19-25(42-36(47)24-10-12-27(13-11-24)51(40,48)49)15-26(45)20-50-37-43-34-29(35(44-37)46-17-21-8-9-22(14-21)18-46)16-41-33(32(34)39)28-6-2-4-23-5-3-7-30(38)31(23)28/h2-7,10-13,16,21-22,25-26H,8-9,14-15,17-20H2,1H3,(H,42,47)/t21?,22?,25-,26+/m1/s1. The number of aromatic nitrogens is 3. The van der Waals surface area contributed by atoms with E-state index >= 15 is 4.39 Å². The van der Waals surface area contributed by atoms with Gasteiger partial charge in [-0.15, -0.1) is 3.89 Å². The lowest BCUT2D eigenvalue weighted by Crippen LogP contribution is -2.37. The van der Waals surface area contributed by atoms with Gasteiger partial charge in [0.25, 0.3) is 5.91 Å². The van der Waals surface area contributed by atoms with Gasteiger partial charge in [0.2, 0.25) is 0 Å². The summed E-state index contributed by atoms with van der Waals surface area (Å²) in [5, 5.41) is 5.57. The molecule has 3 fully saturated rings. The maximum atomic E-state index is 16.7. The number of anilines is 1. The molecule has 2 aromatic heterocycles. The van der Waals surface area contributed by atoms with Crippen LogP contribution in [0.5, 0.6) is 6.01 Å². The van der Waals surface area contributed by atoms with E-state index in [2.05, 4.69) is 25.1 Å². The average molecular weight is 733 g/mol. The van der Waals surface area contributed by atoms with Crippen LogP contribution in [0.25, 0.3) is 32.9 Å². The maximum absolute atomic E-state index is 16.7. The van der Waals surface area contributed by atoms with Crippen molar-refractivity contribution in [3.05, 3.63) is 83.3 Å². The molecule has 2 unspecified atom stereocenters. The Labute approximate surface area is 299 Å². The fourth-order valence-corrected chi connectivity index (χ4v) is 8.72. The Hall–Kier alpha value is -4.46. The first kappa shape index (κ1) is 33.7. The van der Waals surface area contributed by atoms with E-state index in [9.17, 15) is 17.1 Å². The molecule has 0 spiro atoms. The lowest BCUT2D eigenvalue weighted by Gasteiger charge is -2.33. The summed E-state index contributed by atoms with van der Waals surface area (Å²) < 4.78 is 58.5. The number of hydrogen-bond acceptors (Lipinski definition) is 9. The Kier molecular flexibility index (Phi) is 8.75. The number of halogens is 3. The van der Waals surface area contributed by atoms with Crippen molar-refractivity contribution >= 4 is 55.2 Å². The molecule has 14 heteroatoms. The molecule has 5 aromatic rings. The number of benzene rings is 3. The van der Waals surface area contributed by atoms with Crippen molar-refractivity contribution in [2.45, 2.75) is 42.7 Å². The number of nitrogens with zero attached hydrogens (tertiary/aromatic N) is 5. The highest BCUT2D eigenvalue weighted by Crippen LogP contribution is 2.41. The van der Waals surface area contributed by atoms with Gasteiger partial charge < -0.3 is 15.0 Å². The first-order valence-electron chi connectivity index (χ1n) is 17.0. The summed E-state index contributed by atoms with van der Waals surface area (Å²) >= 11 is 6.61. The van der Waals surface area contributed by atoms with Crippen molar-refractivity contribution in [1.29, 1.82) is 0 Å². The van der Waals surface area contributed by atoms with Crippen molar-refractivity contribution in [3.63, 3.8) is 0 Å². The number of rotatable bonds is 8. The average Bonchev–Trinajstić information content (AvgIpc) is 3.65. The molecule has 4 heterocycles. The molecule has 1 amide bonds. The van der Waals surface area contributed by atoms with Crippen molar-refractivity contribution in [2.75, 3.05) is 38.2 Å². The van der Waals surface area contributed by atoms with Gasteiger partial charge in [0.1, 0.15) is 23.6 Å². The Morgan fingerprint density at radius 3 is 2.45 bits per heavy atom. The fourth-order valence-electron chi connectivity index (χ4n) is 7.98. The third-order valence-electron chi connectivity index (χ3n) is 10.5. The highest BCUT2D eigenvalue weighted by atomic mass is 35.5. The molecule has 3 aromatic carbocycles. The van der Waals surface area contributed by atoms with Crippen LogP contribution in [0.15, 0.2) is 71.8 Å². The summed E-state index contributed by atoms with van der Waals surface area (Å²) in [5.74, 6) is 0.746. The van der Waals surface area contributed by atoms with Gasteiger partial charge in [0.15, 0.2) is 5.82 Å². The molecule has 1 N–H and O–H groups in total. The Balaban J connectivity index is 1.06. The third-order valence-corrected chi connectivity index (χ3v) is 11.6. The van der Waals surface area contributed by atoms with Crippen LogP contribution >= 0.6 is 11.6 Å². The Morgan fingerprint density at radius 2 is 1.73 bits per heavy atom. The minimum Gasteiger partial charge on any atom is -0.462 e. The second-order valence-corrected chi connectivity index (χ2v) is 15.6. The molecule has 2 aliphatic heterocycles. The first-order valence-corrected chi connectivity index (χ1v) is 18.8. The highest BCUT2D eigenvalue weighted by molar-refractivity contribution is 7.86. The van der Waals surface area contributed by atoms with Crippen LogP contribution in [0.1, 0.15) is 36.0 Å². The number of carbonyl (C=O) groups excluding carboxylic acids is 1. The van der Waals surface area contributed by atoms with Gasteiger partial charge in [-0.1, -0.05) is 41.9 Å². The molecule has 1 aliphatic carbocycles. The largest absolute Gasteiger partial charge is 0.462 e. The van der Waals surface area contributed by atoms with E-state index in [1.54, 1.807) is 12.3 Å². The third kappa shape index (κ3) is 6.58. The van der Waals surface area contributed by atoms with Crippen LogP contribution in [-0.4, -0.2) is 79.5 Å². The van der Waals surface area contributed by atoms with Crippen molar-refractivity contribution < 1.29 is 26.2 Å². The summed E-state index contributed by atoms with van der Waals surface area (Å²) in [7, 11) is -2.94. The number of likely N-dealkylation sites (tertiary alicyclic amines) is 1. The molecule has 1 saturated carbocycles. The van der Waals surface area contributed by atoms with E-state index in [1.807, 2.05) is 37.4 Å². The number of hydrogen-bond donors (Lipinski definition) is 1. The molecule has 264 valence electrons. The second-order valence-electron chi connectivity index (χ2n) is 13.9. The Morgan fingerprint density at radius 1 is 1.00 bits per heavy atom. The SMILES string of the molecule is CN1C[C@H](NC(=O)c2ccc(S(=O)(=O)F)cc2)C[C@H]1COc1nc(N2CC3CCC(C3)C2)c2cnc(-c3cccc4cccc(Cl)c34)c(F)c2n1.